The average Bonchev–Trinajstić information content (AvgIpc) is 2.88. The van der Waals surface area contributed by atoms with Gasteiger partial charge in [-0.05, 0) is 19.8 Å². The fourth-order valence-corrected chi connectivity index (χ4v) is 1.71. The highest BCUT2D eigenvalue weighted by atomic mass is 16.3. The quantitative estimate of drug-likeness (QED) is 0.864. The van der Waals surface area contributed by atoms with Gasteiger partial charge in [-0.15, -0.1) is 5.10 Å². The Kier molecular flexibility index (Phi) is 3.66. The van der Waals surface area contributed by atoms with Crippen molar-refractivity contribution >= 4 is 0 Å². The summed E-state index contributed by atoms with van der Waals surface area (Å²) in [6.07, 6.45) is 3.28. The van der Waals surface area contributed by atoms with Gasteiger partial charge in [0.25, 0.3) is 0 Å². The number of rotatable bonds is 5. The molecule has 0 unspecified atom stereocenters. The van der Waals surface area contributed by atoms with Gasteiger partial charge >= 0.3 is 0 Å². The summed E-state index contributed by atoms with van der Waals surface area (Å²) in [6.45, 7) is 8.95. The largest absolute Gasteiger partial charge is 0.384 e. The summed E-state index contributed by atoms with van der Waals surface area (Å²) in [7, 11) is 0. The summed E-state index contributed by atoms with van der Waals surface area (Å²) in [5.41, 5.74) is -0.438. The zero-order valence-electron chi connectivity index (χ0n) is 11.8. The summed E-state index contributed by atoms with van der Waals surface area (Å²) >= 11 is 0. The van der Waals surface area contributed by atoms with Gasteiger partial charge < -0.3 is 5.11 Å². The first-order valence-corrected chi connectivity index (χ1v) is 6.36. The molecule has 0 aliphatic rings. The number of hydrogen-bond donors (Lipinski definition) is 1. The third-order valence-electron chi connectivity index (χ3n) is 2.70. The highest BCUT2D eigenvalue weighted by Gasteiger charge is 2.20. The van der Waals surface area contributed by atoms with Gasteiger partial charge in [-0.25, -0.2) is 14.3 Å². The van der Waals surface area contributed by atoms with E-state index < -0.39 is 5.60 Å². The van der Waals surface area contributed by atoms with Gasteiger partial charge in [0.1, 0.15) is 30.0 Å². The van der Waals surface area contributed by atoms with Crippen LogP contribution < -0.4 is 0 Å². The molecule has 0 fully saturated rings. The SMILES string of the molecule is CC(C)Cn1ncnc1Cn1cc(C(C)(C)O)nn1. The number of aliphatic hydroxyl groups is 1. The molecular formula is C12H20N6O. The predicted molar refractivity (Wildman–Crippen MR) is 69.2 cm³/mol. The lowest BCUT2D eigenvalue weighted by atomic mass is 10.1. The maximum atomic E-state index is 9.85. The zero-order valence-corrected chi connectivity index (χ0v) is 11.8. The van der Waals surface area contributed by atoms with Gasteiger partial charge in [-0.2, -0.15) is 5.10 Å². The topological polar surface area (TPSA) is 81.7 Å². The highest BCUT2D eigenvalue weighted by Crippen LogP contribution is 2.16. The first kappa shape index (κ1) is 13.7. The van der Waals surface area contributed by atoms with Crippen LogP contribution >= 0.6 is 0 Å². The molecule has 104 valence electrons. The van der Waals surface area contributed by atoms with Crippen molar-refractivity contribution in [2.24, 2.45) is 5.92 Å². The second-order valence-corrected chi connectivity index (χ2v) is 5.61. The van der Waals surface area contributed by atoms with Crippen LogP contribution in [-0.4, -0.2) is 34.9 Å². The van der Waals surface area contributed by atoms with Crippen LogP contribution in [-0.2, 0) is 18.7 Å². The smallest absolute Gasteiger partial charge is 0.148 e. The molecule has 0 bridgehead atoms. The minimum Gasteiger partial charge on any atom is -0.384 e. The Morgan fingerprint density at radius 3 is 2.68 bits per heavy atom. The molecule has 0 aromatic carbocycles. The van der Waals surface area contributed by atoms with Crippen LogP contribution in [0.25, 0.3) is 0 Å². The summed E-state index contributed by atoms with van der Waals surface area (Å²) in [6, 6.07) is 0. The van der Waals surface area contributed by atoms with Crippen LogP contribution in [0.2, 0.25) is 0 Å². The van der Waals surface area contributed by atoms with Crippen molar-refractivity contribution in [2.75, 3.05) is 0 Å². The van der Waals surface area contributed by atoms with Crippen LogP contribution in [0.15, 0.2) is 12.5 Å². The molecule has 2 heterocycles. The Labute approximate surface area is 112 Å². The van der Waals surface area contributed by atoms with E-state index in [1.165, 1.54) is 0 Å². The normalized spacial score (nSPS) is 12.3. The van der Waals surface area contributed by atoms with Crippen LogP contribution in [0, 0.1) is 5.92 Å². The van der Waals surface area contributed by atoms with E-state index in [1.54, 1.807) is 31.1 Å². The van der Waals surface area contributed by atoms with Gasteiger partial charge in [0.2, 0.25) is 0 Å². The summed E-state index contributed by atoms with van der Waals surface area (Å²) in [5.74, 6) is 1.34. The minimum absolute atomic E-state index is 0.496. The van der Waals surface area contributed by atoms with Gasteiger partial charge in [0, 0.05) is 6.54 Å². The van der Waals surface area contributed by atoms with Crippen LogP contribution in [0.5, 0.6) is 0 Å². The Bertz CT molecular complexity index is 536. The third-order valence-corrected chi connectivity index (χ3v) is 2.70. The van der Waals surface area contributed by atoms with Crippen LogP contribution in [0.4, 0.5) is 0 Å². The Morgan fingerprint density at radius 2 is 2.11 bits per heavy atom. The molecule has 2 aromatic rings. The second-order valence-electron chi connectivity index (χ2n) is 5.61. The number of aromatic nitrogens is 6. The summed E-state index contributed by atoms with van der Waals surface area (Å²) < 4.78 is 3.53. The van der Waals surface area contributed by atoms with E-state index >= 15 is 0 Å². The van der Waals surface area contributed by atoms with Crippen molar-refractivity contribution in [1.82, 2.24) is 29.8 Å². The average molecular weight is 264 g/mol. The van der Waals surface area contributed by atoms with E-state index in [-0.39, 0.29) is 0 Å². The minimum atomic E-state index is -0.982. The van der Waals surface area contributed by atoms with E-state index in [1.807, 2.05) is 4.68 Å². The van der Waals surface area contributed by atoms with Crippen LogP contribution in [0.3, 0.4) is 0 Å². The first-order valence-electron chi connectivity index (χ1n) is 6.36. The molecule has 2 rings (SSSR count). The van der Waals surface area contributed by atoms with Gasteiger partial charge in [0.15, 0.2) is 0 Å². The van der Waals surface area contributed by atoms with Gasteiger partial charge in [-0.1, -0.05) is 19.1 Å². The first-order chi connectivity index (χ1) is 8.86. The van der Waals surface area contributed by atoms with Crippen LogP contribution in [0.1, 0.15) is 39.2 Å². The molecule has 0 atom stereocenters. The van der Waals surface area contributed by atoms with Crippen molar-refractivity contribution in [2.45, 2.75) is 46.4 Å². The third kappa shape index (κ3) is 3.37. The molecule has 0 radical (unpaired) electrons. The molecule has 19 heavy (non-hydrogen) atoms. The van der Waals surface area contributed by atoms with E-state index in [2.05, 4.69) is 34.2 Å². The molecule has 0 aliphatic heterocycles. The number of nitrogens with zero attached hydrogens (tertiary/aromatic N) is 6. The molecule has 7 nitrogen and oxygen atoms in total. The fourth-order valence-electron chi connectivity index (χ4n) is 1.71. The molecule has 0 saturated carbocycles. The van der Waals surface area contributed by atoms with E-state index in [4.69, 9.17) is 0 Å². The van der Waals surface area contributed by atoms with Crippen molar-refractivity contribution in [1.29, 1.82) is 0 Å². The molecule has 2 aromatic heterocycles. The molecule has 7 heteroatoms. The number of hydrogen-bond acceptors (Lipinski definition) is 5. The van der Waals surface area contributed by atoms with E-state index in [9.17, 15) is 5.11 Å². The molecule has 0 aliphatic carbocycles. The maximum Gasteiger partial charge on any atom is 0.148 e. The summed E-state index contributed by atoms with van der Waals surface area (Å²) in [5, 5.41) is 22.0. The van der Waals surface area contributed by atoms with Gasteiger partial charge in [-0.3, -0.25) is 0 Å². The van der Waals surface area contributed by atoms with E-state index in [0.29, 0.717) is 18.2 Å². The lowest BCUT2D eigenvalue weighted by Gasteiger charge is -2.11. The van der Waals surface area contributed by atoms with Crippen molar-refractivity contribution in [3.8, 4) is 0 Å². The van der Waals surface area contributed by atoms with Crippen molar-refractivity contribution < 1.29 is 5.11 Å². The van der Waals surface area contributed by atoms with E-state index in [0.717, 1.165) is 12.4 Å². The lowest BCUT2D eigenvalue weighted by Crippen LogP contribution is -2.16. The Hall–Kier alpha value is -1.76. The molecule has 1 N–H and O–H groups in total. The molecule has 0 amide bonds. The van der Waals surface area contributed by atoms with Crippen molar-refractivity contribution in [3.63, 3.8) is 0 Å². The molecule has 0 spiro atoms. The molecule has 0 saturated heterocycles. The van der Waals surface area contributed by atoms with Gasteiger partial charge in [0.05, 0.1) is 6.20 Å². The monoisotopic (exact) mass is 264 g/mol. The Balaban J connectivity index is 2.13. The fraction of sp³-hybridized carbons (Fsp3) is 0.667. The second kappa shape index (κ2) is 5.08. The molecular weight excluding hydrogens is 244 g/mol. The zero-order chi connectivity index (χ0) is 14.0. The standard InChI is InChI=1S/C12H20N6O/c1-9(2)5-18-11(13-8-14-18)7-17-6-10(15-16-17)12(3,4)19/h6,8-9,19H,5,7H2,1-4H3. The van der Waals surface area contributed by atoms with Crippen molar-refractivity contribution in [3.05, 3.63) is 24.0 Å². The predicted octanol–water partition coefficient (Wildman–Crippen LogP) is 0.801. The summed E-state index contributed by atoms with van der Waals surface area (Å²) in [4.78, 5) is 4.24. The maximum absolute atomic E-state index is 9.85. The lowest BCUT2D eigenvalue weighted by molar-refractivity contribution is 0.0737. The highest BCUT2D eigenvalue weighted by molar-refractivity contribution is 5.03. The Morgan fingerprint density at radius 1 is 1.37 bits per heavy atom.